The van der Waals surface area contributed by atoms with Crippen molar-refractivity contribution in [2.24, 2.45) is 0 Å². The van der Waals surface area contributed by atoms with Crippen LogP contribution < -0.4 is 0 Å². The summed E-state index contributed by atoms with van der Waals surface area (Å²) in [5.74, 6) is 0. The first-order valence-electron chi connectivity index (χ1n) is 6.76. The summed E-state index contributed by atoms with van der Waals surface area (Å²) in [5.41, 5.74) is 0. The average molecular weight is 327 g/mol. The van der Waals surface area contributed by atoms with Crippen LogP contribution in [0, 0.1) is 0 Å². The van der Waals surface area contributed by atoms with E-state index < -0.39 is 10.0 Å². The molecule has 114 valence electrons. The van der Waals surface area contributed by atoms with Crippen LogP contribution in [0.25, 0.3) is 10.1 Å². The van der Waals surface area contributed by atoms with E-state index in [2.05, 4.69) is 0 Å². The molecule has 1 atom stereocenters. The van der Waals surface area contributed by atoms with Gasteiger partial charge >= 0.3 is 0 Å². The number of aliphatic hydroxyl groups excluding tert-OH is 1. The third-order valence-corrected chi connectivity index (χ3v) is 7.06. The number of thiophene rings is 1. The van der Waals surface area contributed by atoms with Gasteiger partial charge in [0.05, 0.1) is 24.7 Å². The van der Waals surface area contributed by atoms with Crippen LogP contribution in [0.15, 0.2) is 29.2 Å². The van der Waals surface area contributed by atoms with E-state index in [0.29, 0.717) is 30.0 Å². The first-order valence-corrected chi connectivity index (χ1v) is 9.02. The molecule has 0 bridgehead atoms. The number of aliphatic hydroxyl groups is 1. The third-order valence-electron chi connectivity index (χ3n) is 3.64. The Morgan fingerprint density at radius 2 is 2.19 bits per heavy atom. The Hall–Kier alpha value is -0.990. The number of sulfonamides is 1. The molecule has 1 aliphatic heterocycles. The van der Waals surface area contributed by atoms with Crippen LogP contribution in [0.5, 0.6) is 0 Å². The molecule has 0 saturated carbocycles. The summed E-state index contributed by atoms with van der Waals surface area (Å²) >= 11 is 1.33. The number of ether oxygens (including phenoxy) is 1. The molecule has 0 amide bonds. The summed E-state index contributed by atoms with van der Waals surface area (Å²) in [6, 6.07) is 7.16. The Balaban J connectivity index is 2.18. The fourth-order valence-electron chi connectivity index (χ4n) is 2.65. The molecule has 0 spiro atoms. The summed E-state index contributed by atoms with van der Waals surface area (Å²) in [6.45, 7) is 2.71. The highest BCUT2D eigenvalue weighted by Crippen LogP contribution is 2.37. The highest BCUT2D eigenvalue weighted by atomic mass is 32.2. The van der Waals surface area contributed by atoms with Gasteiger partial charge in [0.15, 0.2) is 0 Å². The number of hydrogen-bond acceptors (Lipinski definition) is 5. The maximum atomic E-state index is 13.0. The fraction of sp³-hybridized carbons (Fsp3) is 0.429. The number of morpholine rings is 1. The smallest absolute Gasteiger partial charge is 0.245 e. The molecule has 0 radical (unpaired) electrons. The first-order chi connectivity index (χ1) is 10.1. The predicted molar refractivity (Wildman–Crippen MR) is 81.9 cm³/mol. The van der Waals surface area contributed by atoms with E-state index in [4.69, 9.17) is 4.74 Å². The number of benzene rings is 1. The molecular formula is C14H17NO4S2. The van der Waals surface area contributed by atoms with Crippen molar-refractivity contribution in [3.63, 3.8) is 0 Å². The van der Waals surface area contributed by atoms with Gasteiger partial charge in [-0.2, -0.15) is 4.31 Å². The molecule has 1 unspecified atom stereocenters. The number of fused-ring (bicyclic) bond motifs is 1. The Morgan fingerprint density at radius 3 is 2.90 bits per heavy atom. The molecule has 1 aromatic carbocycles. The van der Waals surface area contributed by atoms with E-state index in [0.717, 1.165) is 4.70 Å². The SMILES string of the molecule is CC1COCCN1S(=O)(=O)c1c(CO)sc2ccccc12. The van der Waals surface area contributed by atoms with Crippen LogP contribution in [0.2, 0.25) is 0 Å². The first kappa shape index (κ1) is 14.9. The van der Waals surface area contributed by atoms with Crippen LogP contribution in [-0.4, -0.2) is 43.6 Å². The molecule has 0 aliphatic carbocycles. The minimum atomic E-state index is -3.63. The second kappa shape index (κ2) is 5.66. The average Bonchev–Trinajstić information content (AvgIpc) is 2.86. The summed E-state index contributed by atoms with van der Waals surface area (Å²) < 4.78 is 33.7. The monoisotopic (exact) mass is 327 g/mol. The van der Waals surface area contributed by atoms with Gasteiger partial charge in [-0.15, -0.1) is 11.3 Å². The molecule has 1 fully saturated rings. The molecule has 1 N–H and O–H groups in total. The minimum Gasteiger partial charge on any atom is -0.391 e. The molecule has 3 rings (SSSR count). The predicted octanol–water partition coefficient (Wildman–Crippen LogP) is 1.80. The van der Waals surface area contributed by atoms with Gasteiger partial charge in [0.1, 0.15) is 4.90 Å². The van der Waals surface area contributed by atoms with Crippen molar-refractivity contribution in [3.8, 4) is 0 Å². The molecule has 7 heteroatoms. The van der Waals surface area contributed by atoms with Crippen molar-refractivity contribution in [1.82, 2.24) is 4.31 Å². The second-order valence-corrected chi connectivity index (χ2v) is 8.01. The Kier molecular flexibility index (Phi) is 4.02. The largest absolute Gasteiger partial charge is 0.391 e. The van der Waals surface area contributed by atoms with Gasteiger partial charge in [0.25, 0.3) is 0 Å². The van der Waals surface area contributed by atoms with Gasteiger partial charge in [-0.25, -0.2) is 8.42 Å². The van der Waals surface area contributed by atoms with Crippen LogP contribution in [-0.2, 0) is 21.4 Å². The van der Waals surface area contributed by atoms with Gasteiger partial charge in [-0.05, 0) is 13.0 Å². The van der Waals surface area contributed by atoms with Crippen molar-refractivity contribution in [2.45, 2.75) is 24.5 Å². The quantitative estimate of drug-likeness (QED) is 0.933. The van der Waals surface area contributed by atoms with Crippen LogP contribution >= 0.6 is 11.3 Å². The van der Waals surface area contributed by atoms with Gasteiger partial charge in [-0.1, -0.05) is 18.2 Å². The molecule has 2 heterocycles. The van der Waals surface area contributed by atoms with Gasteiger partial charge in [-0.3, -0.25) is 0 Å². The lowest BCUT2D eigenvalue weighted by molar-refractivity contribution is 0.0393. The fourth-order valence-corrected chi connectivity index (χ4v) is 6.00. The van der Waals surface area contributed by atoms with Crippen molar-refractivity contribution < 1.29 is 18.3 Å². The number of hydrogen-bond donors (Lipinski definition) is 1. The molecule has 1 saturated heterocycles. The maximum absolute atomic E-state index is 13.0. The summed E-state index contributed by atoms with van der Waals surface area (Å²) in [6.07, 6.45) is 0. The minimum absolute atomic E-state index is 0.200. The normalized spacial score (nSPS) is 21.0. The molecule has 5 nitrogen and oxygen atoms in total. The zero-order chi connectivity index (χ0) is 15.0. The maximum Gasteiger partial charge on any atom is 0.245 e. The van der Waals surface area contributed by atoms with Crippen LogP contribution in [0.3, 0.4) is 0 Å². The van der Waals surface area contributed by atoms with Crippen molar-refractivity contribution in [2.75, 3.05) is 19.8 Å². The Labute approximate surface area is 127 Å². The molecule has 1 aromatic heterocycles. The van der Waals surface area contributed by atoms with E-state index in [9.17, 15) is 13.5 Å². The van der Waals surface area contributed by atoms with Gasteiger partial charge < -0.3 is 9.84 Å². The lowest BCUT2D eigenvalue weighted by atomic mass is 10.2. The van der Waals surface area contributed by atoms with E-state index in [-0.39, 0.29) is 17.5 Å². The number of rotatable bonds is 3. The molecule has 1 aliphatic rings. The van der Waals surface area contributed by atoms with Crippen molar-refractivity contribution in [3.05, 3.63) is 29.1 Å². The van der Waals surface area contributed by atoms with E-state index >= 15 is 0 Å². The second-order valence-electron chi connectivity index (χ2n) is 5.05. The molecule has 2 aromatic rings. The lowest BCUT2D eigenvalue weighted by Crippen LogP contribution is -2.47. The van der Waals surface area contributed by atoms with Crippen molar-refractivity contribution >= 4 is 31.4 Å². The zero-order valence-electron chi connectivity index (χ0n) is 11.7. The summed E-state index contributed by atoms with van der Waals surface area (Å²) in [7, 11) is -3.63. The third kappa shape index (κ3) is 2.49. The standard InChI is InChI=1S/C14H17NO4S2/c1-10-9-19-7-6-15(10)21(17,18)14-11-4-2-3-5-12(11)20-13(14)8-16/h2-5,10,16H,6-9H2,1H3. The molecule has 21 heavy (non-hydrogen) atoms. The van der Waals surface area contributed by atoms with E-state index in [1.54, 1.807) is 6.07 Å². The topological polar surface area (TPSA) is 66.8 Å². The number of nitrogens with zero attached hydrogens (tertiary/aromatic N) is 1. The Morgan fingerprint density at radius 1 is 1.43 bits per heavy atom. The van der Waals surface area contributed by atoms with E-state index in [1.807, 2.05) is 25.1 Å². The van der Waals surface area contributed by atoms with Crippen LogP contribution in [0.4, 0.5) is 0 Å². The lowest BCUT2D eigenvalue weighted by Gasteiger charge is -2.32. The summed E-state index contributed by atoms with van der Waals surface area (Å²) in [5, 5.41) is 10.2. The summed E-state index contributed by atoms with van der Waals surface area (Å²) in [4.78, 5) is 0.745. The molecular weight excluding hydrogens is 310 g/mol. The highest BCUT2D eigenvalue weighted by Gasteiger charge is 2.35. The zero-order valence-corrected chi connectivity index (χ0v) is 13.3. The highest BCUT2D eigenvalue weighted by molar-refractivity contribution is 7.89. The van der Waals surface area contributed by atoms with Crippen molar-refractivity contribution in [1.29, 1.82) is 0 Å². The Bertz CT molecular complexity index is 753. The van der Waals surface area contributed by atoms with Gasteiger partial charge in [0, 0.05) is 22.7 Å². The van der Waals surface area contributed by atoms with Gasteiger partial charge in [0.2, 0.25) is 10.0 Å². The van der Waals surface area contributed by atoms with E-state index in [1.165, 1.54) is 15.6 Å². The van der Waals surface area contributed by atoms with Crippen LogP contribution in [0.1, 0.15) is 11.8 Å².